The van der Waals surface area contributed by atoms with Crippen LogP contribution in [0.15, 0.2) is 164 Å². The molecule has 0 atom stereocenters. The average Bonchev–Trinajstić information content (AvgIpc) is 3.83. The van der Waals surface area contributed by atoms with Crippen molar-refractivity contribution in [2.45, 2.75) is 0 Å². The zero-order chi connectivity index (χ0) is 32.8. The van der Waals surface area contributed by atoms with Crippen molar-refractivity contribution in [2.75, 3.05) is 0 Å². The SMILES string of the molecule is c1ccc(-c2nc(-c3ccccc3)nc(-n3c4ccccc4c4ccc(-c5cc6c7ccccc7n7c8ccccc8c(c5)c67)cc43)n2)cc1. The lowest BCUT2D eigenvalue weighted by atomic mass is 9.98. The van der Waals surface area contributed by atoms with E-state index in [-0.39, 0.29) is 0 Å². The van der Waals surface area contributed by atoms with E-state index in [2.05, 4.69) is 112 Å². The zero-order valence-corrected chi connectivity index (χ0v) is 26.8. The highest BCUT2D eigenvalue weighted by atomic mass is 15.2. The van der Waals surface area contributed by atoms with Crippen molar-refractivity contribution in [1.82, 2.24) is 23.9 Å². The molecular formula is C45H27N5. The number of para-hydroxylation sites is 3. The number of rotatable bonds is 4. The molecule has 0 saturated carbocycles. The van der Waals surface area contributed by atoms with Crippen molar-refractivity contribution < 1.29 is 0 Å². The summed E-state index contributed by atoms with van der Waals surface area (Å²) < 4.78 is 4.63. The summed E-state index contributed by atoms with van der Waals surface area (Å²) in [6.45, 7) is 0. The van der Waals surface area contributed by atoms with Crippen molar-refractivity contribution >= 4 is 59.9 Å². The zero-order valence-electron chi connectivity index (χ0n) is 26.8. The molecule has 11 rings (SSSR count). The fourth-order valence-electron chi connectivity index (χ4n) is 7.88. The molecule has 4 aromatic heterocycles. The van der Waals surface area contributed by atoms with E-state index in [1.807, 2.05) is 60.7 Å². The van der Waals surface area contributed by atoms with Gasteiger partial charge in [0.1, 0.15) is 0 Å². The van der Waals surface area contributed by atoms with Crippen LogP contribution in [0.3, 0.4) is 0 Å². The van der Waals surface area contributed by atoms with Crippen LogP contribution in [-0.4, -0.2) is 23.9 Å². The lowest BCUT2D eigenvalue weighted by molar-refractivity contribution is 0.953. The minimum absolute atomic E-state index is 0.590. The van der Waals surface area contributed by atoms with E-state index in [4.69, 9.17) is 15.0 Å². The van der Waals surface area contributed by atoms with Crippen LogP contribution in [0.2, 0.25) is 0 Å². The standard InChI is InChI=1S/C45H27N5/c1-3-13-28(14-4-1)43-46-44(29-15-5-2-6-16-29)48-45(47-43)50-40-22-12-7-17-32(40)35-24-23-30(27-41(35)50)31-25-36-33-18-8-10-20-38(33)49-39-21-11-9-19-34(39)37(26-31)42(36)49/h1-27H. The van der Waals surface area contributed by atoms with Gasteiger partial charge in [0.25, 0.3) is 0 Å². The number of benzene rings is 7. The highest BCUT2D eigenvalue weighted by Gasteiger charge is 2.21. The van der Waals surface area contributed by atoms with E-state index >= 15 is 0 Å². The summed E-state index contributed by atoms with van der Waals surface area (Å²) in [4.78, 5) is 15.2. The Labute approximate surface area is 286 Å². The van der Waals surface area contributed by atoms with E-state index in [0.29, 0.717) is 17.6 Å². The summed E-state index contributed by atoms with van der Waals surface area (Å²) in [5.74, 6) is 1.87. The minimum Gasteiger partial charge on any atom is -0.308 e. The van der Waals surface area contributed by atoms with Crippen molar-refractivity contribution in [3.05, 3.63) is 164 Å². The number of hydrogen-bond acceptors (Lipinski definition) is 3. The first-order chi connectivity index (χ1) is 24.8. The molecule has 0 N–H and O–H groups in total. The van der Waals surface area contributed by atoms with Crippen molar-refractivity contribution in [3.63, 3.8) is 0 Å². The maximum atomic E-state index is 5.14. The summed E-state index contributed by atoms with van der Waals surface area (Å²) in [7, 11) is 0. The van der Waals surface area contributed by atoms with Crippen LogP contribution in [0.4, 0.5) is 0 Å². The van der Waals surface area contributed by atoms with Gasteiger partial charge in [-0.15, -0.1) is 0 Å². The molecule has 0 aliphatic heterocycles. The molecule has 0 saturated heterocycles. The monoisotopic (exact) mass is 637 g/mol. The summed E-state index contributed by atoms with van der Waals surface area (Å²) in [6.07, 6.45) is 0. The van der Waals surface area contributed by atoms with Gasteiger partial charge in [0.15, 0.2) is 11.6 Å². The van der Waals surface area contributed by atoms with Crippen molar-refractivity contribution in [3.8, 4) is 39.9 Å². The second-order valence-corrected chi connectivity index (χ2v) is 12.9. The van der Waals surface area contributed by atoms with Crippen LogP contribution < -0.4 is 0 Å². The molecule has 7 aromatic carbocycles. The quantitative estimate of drug-likeness (QED) is 0.193. The van der Waals surface area contributed by atoms with Gasteiger partial charge in [-0.2, -0.15) is 9.97 Å². The molecule has 0 radical (unpaired) electrons. The van der Waals surface area contributed by atoms with Crippen molar-refractivity contribution in [1.29, 1.82) is 0 Å². The molecular weight excluding hydrogens is 611 g/mol. The number of aromatic nitrogens is 5. The van der Waals surface area contributed by atoms with E-state index in [9.17, 15) is 0 Å². The minimum atomic E-state index is 0.590. The second-order valence-electron chi connectivity index (χ2n) is 12.9. The lowest BCUT2D eigenvalue weighted by Crippen LogP contribution is -2.06. The molecule has 5 nitrogen and oxygen atoms in total. The number of hydrogen-bond donors (Lipinski definition) is 0. The maximum Gasteiger partial charge on any atom is 0.238 e. The Morgan fingerprint density at radius 3 is 1.38 bits per heavy atom. The van der Waals surface area contributed by atoms with E-state index < -0.39 is 0 Å². The van der Waals surface area contributed by atoms with Gasteiger partial charge < -0.3 is 4.40 Å². The third-order valence-corrected chi connectivity index (χ3v) is 10.1. The molecule has 0 aliphatic carbocycles. The highest BCUT2D eigenvalue weighted by molar-refractivity contribution is 6.24. The Morgan fingerprint density at radius 1 is 0.320 bits per heavy atom. The normalized spacial score (nSPS) is 12.0. The van der Waals surface area contributed by atoms with Crippen LogP contribution in [0, 0.1) is 0 Å². The molecule has 11 aromatic rings. The molecule has 4 heterocycles. The van der Waals surface area contributed by atoms with Gasteiger partial charge in [0.05, 0.1) is 27.6 Å². The summed E-state index contributed by atoms with van der Waals surface area (Å²) >= 11 is 0. The third kappa shape index (κ3) is 3.86. The van der Waals surface area contributed by atoms with Gasteiger partial charge in [-0.3, -0.25) is 4.57 Å². The first-order valence-electron chi connectivity index (χ1n) is 16.9. The van der Waals surface area contributed by atoms with Crippen LogP contribution in [-0.2, 0) is 0 Å². The molecule has 0 spiro atoms. The predicted octanol–water partition coefficient (Wildman–Crippen LogP) is 11.1. The fourth-order valence-corrected chi connectivity index (χ4v) is 7.88. The van der Waals surface area contributed by atoms with Crippen LogP contribution >= 0.6 is 0 Å². The topological polar surface area (TPSA) is 48.0 Å². The highest BCUT2D eigenvalue weighted by Crippen LogP contribution is 2.42. The van der Waals surface area contributed by atoms with Crippen LogP contribution in [0.1, 0.15) is 0 Å². The molecule has 0 amide bonds. The molecule has 0 aliphatic rings. The largest absolute Gasteiger partial charge is 0.308 e. The molecule has 232 valence electrons. The first kappa shape index (κ1) is 27.1. The molecule has 0 fully saturated rings. The Balaban J connectivity index is 1.20. The predicted molar refractivity (Wildman–Crippen MR) is 205 cm³/mol. The van der Waals surface area contributed by atoms with Gasteiger partial charge in [-0.05, 0) is 47.5 Å². The summed E-state index contributed by atoms with van der Waals surface area (Å²) in [6, 6.07) is 57.8. The molecule has 0 unspecified atom stereocenters. The first-order valence-corrected chi connectivity index (χ1v) is 16.9. The second kappa shape index (κ2) is 10.3. The fraction of sp³-hybridized carbons (Fsp3) is 0. The van der Waals surface area contributed by atoms with E-state index in [1.54, 1.807) is 0 Å². The Hall–Kier alpha value is -6.85. The molecule has 50 heavy (non-hydrogen) atoms. The Kier molecular flexibility index (Phi) is 5.60. The van der Waals surface area contributed by atoms with Crippen molar-refractivity contribution in [2.24, 2.45) is 0 Å². The molecule has 0 bridgehead atoms. The Morgan fingerprint density at radius 2 is 0.800 bits per heavy atom. The van der Waals surface area contributed by atoms with Gasteiger partial charge in [-0.25, -0.2) is 4.98 Å². The van der Waals surface area contributed by atoms with E-state index in [1.165, 1.54) is 43.7 Å². The van der Waals surface area contributed by atoms with Crippen LogP contribution in [0.25, 0.3) is 99.8 Å². The van der Waals surface area contributed by atoms with E-state index in [0.717, 1.165) is 38.5 Å². The Bertz CT molecular complexity index is 2940. The van der Waals surface area contributed by atoms with Gasteiger partial charge >= 0.3 is 0 Å². The maximum absolute atomic E-state index is 5.14. The van der Waals surface area contributed by atoms with Gasteiger partial charge in [0, 0.05) is 43.4 Å². The molecule has 5 heteroatoms. The van der Waals surface area contributed by atoms with Crippen LogP contribution in [0.5, 0.6) is 0 Å². The number of nitrogens with zero attached hydrogens (tertiary/aromatic N) is 5. The third-order valence-electron chi connectivity index (χ3n) is 10.1. The summed E-state index contributed by atoms with van der Waals surface area (Å²) in [5, 5.41) is 7.37. The lowest BCUT2D eigenvalue weighted by Gasteiger charge is -2.11. The summed E-state index contributed by atoms with van der Waals surface area (Å²) in [5.41, 5.74) is 10.1. The number of fused-ring (bicyclic) bond motifs is 9. The van der Waals surface area contributed by atoms with Gasteiger partial charge in [0.2, 0.25) is 5.95 Å². The smallest absolute Gasteiger partial charge is 0.238 e. The average molecular weight is 638 g/mol. The van der Waals surface area contributed by atoms with Gasteiger partial charge in [-0.1, -0.05) is 127 Å².